The highest BCUT2D eigenvalue weighted by molar-refractivity contribution is 5.86. The molecule has 3 amide bonds. The van der Waals surface area contributed by atoms with Crippen molar-refractivity contribution >= 4 is 17.7 Å². The number of piperidine rings is 1. The number of aliphatic hydroxyl groups excluding tert-OH is 1. The molecule has 2 aliphatic heterocycles. The predicted octanol–water partition coefficient (Wildman–Crippen LogP) is 4.67. The molecule has 0 radical (unpaired) electrons. The van der Waals surface area contributed by atoms with Gasteiger partial charge in [-0.05, 0) is 68.9 Å². The number of nitrogens with one attached hydrogen (secondary N) is 3. The predicted molar refractivity (Wildman–Crippen MR) is 220 cm³/mol. The lowest BCUT2D eigenvalue weighted by Gasteiger charge is -2.36. The molecule has 3 aliphatic rings. The fraction of sp³-hybridized carbons (Fsp3) is 0.795. The number of rotatable bonds is 24. The van der Waals surface area contributed by atoms with Crippen LogP contribution in [0.15, 0.2) is 30.3 Å². The first-order chi connectivity index (χ1) is 27.2. The average molecular weight is 786 g/mol. The van der Waals surface area contributed by atoms with Crippen molar-refractivity contribution in [3.63, 3.8) is 0 Å². The molecule has 1 aromatic carbocycles. The summed E-state index contributed by atoms with van der Waals surface area (Å²) in [5, 5.41) is 22.0. The van der Waals surface area contributed by atoms with Crippen LogP contribution in [-0.2, 0) is 35.0 Å². The number of carbonyl (C=O) groups excluding carboxylic acids is 3. The van der Waals surface area contributed by atoms with Crippen LogP contribution in [0.4, 0.5) is 0 Å². The number of amides is 3. The van der Waals surface area contributed by atoms with Gasteiger partial charge in [-0.15, -0.1) is 0 Å². The highest BCUT2D eigenvalue weighted by Gasteiger charge is 2.35. The molecule has 1 saturated carbocycles. The van der Waals surface area contributed by atoms with Crippen LogP contribution in [0.3, 0.4) is 0 Å². The molecule has 1 aliphatic carbocycles. The largest absolute Gasteiger partial charge is 0.391 e. The third-order valence-electron chi connectivity index (χ3n) is 12.1. The van der Waals surface area contributed by atoms with Crippen molar-refractivity contribution in [3.8, 4) is 0 Å². The average Bonchev–Trinajstić information content (AvgIpc) is 3.22. The lowest BCUT2D eigenvalue weighted by Crippen LogP contribution is -2.58. The molecule has 0 bridgehead atoms. The maximum Gasteiger partial charge on any atom is 0.240 e. The van der Waals surface area contributed by atoms with E-state index in [0.29, 0.717) is 44.8 Å². The van der Waals surface area contributed by atoms with Gasteiger partial charge in [-0.25, -0.2) is 0 Å². The summed E-state index contributed by atoms with van der Waals surface area (Å²) in [6.45, 7) is 12.4. The smallest absolute Gasteiger partial charge is 0.240 e. The standard InChI is InChI=1S/C44H75N5O7/c1-5-6-18-38(46-40(30-35-16-11-8-12-17-35)44(53)49-23-19-36(20-24-49)56-32-54-4)43(52)47-39(29-34-14-9-7-10-15-34)41(50)31-37(33(2)3)42(51)45-21-13-22-48-25-27-55-28-26-48/h8,11-12,16-17,33-34,36-41,46,50H,5-7,9-10,13-15,18-32H2,1-4H3,(H,45,51)(H,47,52)/t37-,38-,39-,40?,41-/m0/s1. The summed E-state index contributed by atoms with van der Waals surface area (Å²) < 4.78 is 16.3. The van der Waals surface area contributed by atoms with Crippen LogP contribution in [0.1, 0.15) is 110 Å². The molecule has 4 N–H and O–H groups in total. The first-order valence-electron chi connectivity index (χ1n) is 21.9. The molecule has 12 nitrogen and oxygen atoms in total. The third-order valence-corrected chi connectivity index (χ3v) is 12.1. The Morgan fingerprint density at radius 1 is 0.929 bits per heavy atom. The molecule has 2 heterocycles. The Morgan fingerprint density at radius 3 is 2.30 bits per heavy atom. The van der Waals surface area contributed by atoms with Gasteiger partial charge in [0.05, 0.1) is 43.5 Å². The van der Waals surface area contributed by atoms with Crippen molar-refractivity contribution in [2.45, 2.75) is 141 Å². The van der Waals surface area contributed by atoms with Crippen LogP contribution in [0, 0.1) is 17.8 Å². The van der Waals surface area contributed by atoms with Crippen molar-refractivity contribution in [1.82, 2.24) is 25.8 Å². The topological polar surface area (TPSA) is 142 Å². The van der Waals surface area contributed by atoms with E-state index in [1.54, 1.807) is 7.11 Å². The van der Waals surface area contributed by atoms with Gasteiger partial charge in [0.15, 0.2) is 0 Å². The number of unbranched alkanes of at least 4 members (excludes halogenated alkanes) is 1. The van der Waals surface area contributed by atoms with E-state index >= 15 is 0 Å². The first kappa shape index (κ1) is 46.1. The number of hydrogen-bond acceptors (Lipinski definition) is 9. The molecule has 1 unspecified atom stereocenters. The maximum atomic E-state index is 14.5. The van der Waals surface area contributed by atoms with Gasteiger partial charge in [0.25, 0.3) is 0 Å². The van der Waals surface area contributed by atoms with E-state index in [9.17, 15) is 19.5 Å². The number of aliphatic hydroxyl groups is 1. The summed E-state index contributed by atoms with van der Waals surface area (Å²) in [4.78, 5) is 46.5. The summed E-state index contributed by atoms with van der Waals surface area (Å²) in [7, 11) is 1.61. The van der Waals surface area contributed by atoms with Crippen LogP contribution in [-0.4, -0.2) is 129 Å². The van der Waals surface area contributed by atoms with Crippen molar-refractivity contribution < 1.29 is 33.7 Å². The van der Waals surface area contributed by atoms with E-state index in [-0.39, 0.29) is 48.9 Å². The Labute approximate surface area is 337 Å². The Bertz CT molecular complexity index is 1250. The quantitative estimate of drug-likeness (QED) is 0.0870. The number of hydrogen-bond donors (Lipinski definition) is 4. The number of likely N-dealkylation sites (tertiary alicyclic amines) is 1. The maximum absolute atomic E-state index is 14.5. The highest BCUT2D eigenvalue weighted by Crippen LogP contribution is 2.30. The minimum Gasteiger partial charge on any atom is -0.391 e. The van der Waals surface area contributed by atoms with Crippen LogP contribution in [0.2, 0.25) is 0 Å². The molecule has 12 heteroatoms. The van der Waals surface area contributed by atoms with Crippen LogP contribution in [0.25, 0.3) is 0 Å². The highest BCUT2D eigenvalue weighted by atomic mass is 16.7. The molecule has 3 fully saturated rings. The number of nitrogens with zero attached hydrogens (tertiary/aromatic N) is 2. The molecule has 1 aromatic rings. The second-order valence-corrected chi connectivity index (χ2v) is 16.8. The Kier molecular flexibility index (Phi) is 21.1. The summed E-state index contributed by atoms with van der Waals surface area (Å²) in [5.41, 5.74) is 1.02. The molecule has 0 aromatic heterocycles. The normalized spacial score (nSPS) is 20.3. The number of methoxy groups -OCH3 is 1. The Balaban J connectivity index is 1.46. The van der Waals surface area contributed by atoms with Gasteiger partial charge in [-0.3, -0.25) is 24.6 Å². The minimum atomic E-state index is -0.887. The summed E-state index contributed by atoms with van der Waals surface area (Å²) >= 11 is 0. The monoisotopic (exact) mass is 786 g/mol. The number of ether oxygens (including phenoxy) is 3. The van der Waals surface area contributed by atoms with E-state index in [2.05, 4.69) is 27.8 Å². The van der Waals surface area contributed by atoms with Crippen LogP contribution < -0.4 is 16.0 Å². The number of carbonyl (C=O) groups is 3. The lowest BCUT2D eigenvalue weighted by molar-refractivity contribution is -0.139. The molecule has 2 saturated heterocycles. The van der Waals surface area contributed by atoms with Crippen molar-refractivity contribution in [2.24, 2.45) is 17.8 Å². The Morgan fingerprint density at radius 2 is 1.64 bits per heavy atom. The van der Waals surface area contributed by atoms with Gasteiger partial charge < -0.3 is 34.9 Å². The second-order valence-electron chi connectivity index (χ2n) is 16.8. The van der Waals surface area contributed by atoms with Crippen molar-refractivity contribution in [1.29, 1.82) is 0 Å². The third kappa shape index (κ3) is 16.0. The first-order valence-corrected chi connectivity index (χ1v) is 21.9. The molecular weight excluding hydrogens is 711 g/mol. The van der Waals surface area contributed by atoms with Gasteiger partial charge in [-0.2, -0.15) is 0 Å². The van der Waals surface area contributed by atoms with Gasteiger partial charge in [0, 0.05) is 45.8 Å². The van der Waals surface area contributed by atoms with Gasteiger partial charge >= 0.3 is 0 Å². The molecule has 0 spiro atoms. The zero-order valence-electron chi connectivity index (χ0n) is 35.1. The molecule has 4 rings (SSSR count). The fourth-order valence-corrected chi connectivity index (χ4v) is 8.59. The summed E-state index contributed by atoms with van der Waals surface area (Å²) in [6.07, 6.45) is 10.9. The second kappa shape index (κ2) is 25.7. The van der Waals surface area contributed by atoms with Crippen LogP contribution >= 0.6 is 0 Å². The lowest BCUT2D eigenvalue weighted by atomic mass is 9.81. The SMILES string of the molecule is CCCC[C@H](NC(Cc1ccccc1)C(=O)N1CCC(OCOC)CC1)C(=O)N[C@@H](CC1CCCCC1)[C@@H](O)C[C@H](C(=O)NCCCN1CCOCC1)C(C)C. The number of morpholine rings is 1. The van der Waals surface area contributed by atoms with Crippen molar-refractivity contribution in [3.05, 3.63) is 35.9 Å². The van der Waals surface area contributed by atoms with E-state index in [1.165, 1.54) is 6.42 Å². The molecule has 5 atom stereocenters. The fourth-order valence-electron chi connectivity index (χ4n) is 8.59. The Hall–Kier alpha value is -2.61. The molecule has 318 valence electrons. The summed E-state index contributed by atoms with van der Waals surface area (Å²) in [6, 6.07) is 8.25. The molecular formula is C44H75N5O7. The van der Waals surface area contributed by atoms with Gasteiger partial charge in [0.1, 0.15) is 6.79 Å². The molecule has 56 heavy (non-hydrogen) atoms. The zero-order valence-corrected chi connectivity index (χ0v) is 35.1. The van der Waals surface area contributed by atoms with Gasteiger partial charge in [-0.1, -0.05) is 96.0 Å². The van der Waals surface area contributed by atoms with E-state index in [1.807, 2.05) is 49.1 Å². The number of benzene rings is 1. The van der Waals surface area contributed by atoms with E-state index < -0.39 is 24.2 Å². The van der Waals surface area contributed by atoms with Crippen LogP contribution in [0.5, 0.6) is 0 Å². The summed E-state index contributed by atoms with van der Waals surface area (Å²) in [5.74, 6) is -0.198. The van der Waals surface area contributed by atoms with Gasteiger partial charge in [0.2, 0.25) is 17.7 Å². The zero-order chi connectivity index (χ0) is 40.1. The minimum absolute atomic E-state index is 0.0112. The van der Waals surface area contributed by atoms with E-state index in [4.69, 9.17) is 14.2 Å². The van der Waals surface area contributed by atoms with Crippen molar-refractivity contribution in [2.75, 3.05) is 66.4 Å². The van der Waals surface area contributed by atoms with E-state index in [0.717, 1.165) is 96.2 Å².